The van der Waals surface area contributed by atoms with Crippen molar-refractivity contribution in [1.82, 2.24) is 15.3 Å². The van der Waals surface area contributed by atoms with E-state index in [1.54, 1.807) is 0 Å². The first-order valence-corrected chi connectivity index (χ1v) is 8.44. The molecule has 0 amide bonds. The molecule has 22 heavy (non-hydrogen) atoms. The van der Waals surface area contributed by atoms with Gasteiger partial charge in [-0.15, -0.1) is 0 Å². The van der Waals surface area contributed by atoms with Crippen LogP contribution in [-0.4, -0.2) is 51.2 Å². The number of aromatic nitrogens is 2. The highest BCUT2D eigenvalue weighted by Crippen LogP contribution is 2.26. The van der Waals surface area contributed by atoms with E-state index >= 15 is 0 Å². The lowest BCUT2D eigenvalue weighted by Gasteiger charge is -2.32. The molecule has 0 atom stereocenters. The van der Waals surface area contributed by atoms with Gasteiger partial charge in [-0.3, -0.25) is 0 Å². The number of nitrogens with zero attached hydrogens (tertiary/aromatic N) is 4. The summed E-state index contributed by atoms with van der Waals surface area (Å²) in [5.74, 6) is 1.98. The molecule has 2 rings (SSSR count). The normalized spacial score (nSPS) is 11.0. The molecule has 1 aromatic rings. The number of rotatable bonds is 0. The van der Waals surface area contributed by atoms with Crippen LogP contribution in [0, 0.1) is 6.92 Å². The highest BCUT2D eigenvalue weighted by molar-refractivity contribution is 5.64. The van der Waals surface area contributed by atoms with E-state index < -0.39 is 0 Å². The zero-order valence-corrected chi connectivity index (χ0v) is 16.8. The third kappa shape index (κ3) is 9.55. The summed E-state index contributed by atoms with van der Waals surface area (Å²) in [5, 5.41) is 2.75. The van der Waals surface area contributed by atoms with Crippen molar-refractivity contribution in [2.45, 2.75) is 48.5 Å². The topological polar surface area (TPSA) is 44.3 Å². The van der Waals surface area contributed by atoms with Gasteiger partial charge < -0.3 is 15.1 Å². The van der Waals surface area contributed by atoms with E-state index in [2.05, 4.69) is 39.2 Å². The van der Waals surface area contributed by atoms with Crippen molar-refractivity contribution >= 4 is 11.6 Å². The molecular formula is C17H39N5. The Morgan fingerprint density at radius 3 is 1.64 bits per heavy atom. The van der Waals surface area contributed by atoms with Gasteiger partial charge in [-0.1, -0.05) is 41.5 Å². The van der Waals surface area contributed by atoms with Crippen LogP contribution >= 0.6 is 0 Å². The van der Waals surface area contributed by atoms with E-state index in [9.17, 15) is 0 Å². The lowest BCUT2D eigenvalue weighted by atomic mass is 10.3. The maximum Gasteiger partial charge on any atom is 0.172 e. The lowest BCUT2D eigenvalue weighted by Crippen LogP contribution is -2.38. The van der Waals surface area contributed by atoms with Gasteiger partial charge in [-0.05, 0) is 21.0 Å². The van der Waals surface area contributed by atoms with Crippen LogP contribution in [0.25, 0.3) is 0 Å². The van der Waals surface area contributed by atoms with Gasteiger partial charge in [0.15, 0.2) is 11.6 Å². The fourth-order valence-electron chi connectivity index (χ4n) is 1.50. The quantitative estimate of drug-likeness (QED) is 0.793. The third-order valence-electron chi connectivity index (χ3n) is 2.35. The number of aryl methyl sites for hydroxylation is 1. The first-order valence-electron chi connectivity index (χ1n) is 8.44. The molecule has 1 N–H and O–H groups in total. The Kier molecular flexibility index (Phi) is 20.6. The summed E-state index contributed by atoms with van der Waals surface area (Å²) in [6, 6.07) is 0. The molecule has 1 aliphatic heterocycles. The summed E-state index contributed by atoms with van der Waals surface area (Å²) in [6.07, 6.45) is 1.81. The Morgan fingerprint density at radius 2 is 1.23 bits per heavy atom. The average Bonchev–Trinajstić information content (AvgIpc) is 2.57. The smallest absolute Gasteiger partial charge is 0.172 e. The minimum atomic E-state index is 0.973. The summed E-state index contributed by atoms with van der Waals surface area (Å²) in [4.78, 5) is 13.1. The Balaban J connectivity index is -0.000000344. The minimum absolute atomic E-state index is 0.973. The molecule has 0 aliphatic carbocycles. The molecule has 0 saturated carbocycles. The van der Waals surface area contributed by atoms with Gasteiger partial charge in [-0.25, -0.2) is 9.97 Å². The van der Waals surface area contributed by atoms with Gasteiger partial charge in [0.05, 0.1) is 11.9 Å². The maximum absolute atomic E-state index is 4.47. The standard InChI is InChI=1S/C9H14N4.C2H7N.3C2H6/c1-7-6-10-8-9(11-7)13(3)5-4-12(8)2;1-3-2;3*1-2/h6H,4-5H2,1-3H3;3H,1-2H3;3*1-2H3. The fourth-order valence-corrected chi connectivity index (χ4v) is 1.50. The summed E-state index contributed by atoms with van der Waals surface area (Å²) in [5.41, 5.74) is 0.973. The predicted molar refractivity (Wildman–Crippen MR) is 102 cm³/mol. The first kappa shape index (κ1) is 25.6. The van der Waals surface area contributed by atoms with Crippen molar-refractivity contribution < 1.29 is 0 Å². The van der Waals surface area contributed by atoms with Crippen LogP contribution in [0.1, 0.15) is 47.2 Å². The first-order chi connectivity index (χ1) is 10.6. The predicted octanol–water partition coefficient (Wildman–Crippen LogP) is 3.59. The van der Waals surface area contributed by atoms with Gasteiger partial charge >= 0.3 is 0 Å². The highest BCUT2D eigenvalue weighted by Gasteiger charge is 2.19. The van der Waals surface area contributed by atoms with Gasteiger partial charge in [0.2, 0.25) is 0 Å². The molecule has 1 aliphatic rings. The van der Waals surface area contributed by atoms with Crippen molar-refractivity contribution in [2.75, 3.05) is 51.1 Å². The van der Waals surface area contributed by atoms with Crippen LogP contribution in [0.2, 0.25) is 0 Å². The van der Waals surface area contributed by atoms with E-state index in [1.165, 1.54) is 0 Å². The largest absolute Gasteiger partial charge is 0.355 e. The lowest BCUT2D eigenvalue weighted by molar-refractivity contribution is 0.763. The van der Waals surface area contributed by atoms with E-state index in [0.29, 0.717) is 0 Å². The minimum Gasteiger partial charge on any atom is -0.355 e. The number of likely N-dealkylation sites (N-methyl/N-ethyl adjacent to an activating group) is 2. The van der Waals surface area contributed by atoms with Crippen LogP contribution in [0.4, 0.5) is 11.6 Å². The molecule has 0 unspecified atom stereocenters. The van der Waals surface area contributed by atoms with E-state index in [0.717, 1.165) is 30.4 Å². The van der Waals surface area contributed by atoms with Crippen LogP contribution < -0.4 is 15.1 Å². The summed E-state index contributed by atoms with van der Waals surface area (Å²) in [7, 11) is 7.86. The molecule has 0 radical (unpaired) electrons. The Bertz CT molecular complexity index is 342. The van der Waals surface area contributed by atoms with Crippen LogP contribution in [0.5, 0.6) is 0 Å². The zero-order chi connectivity index (χ0) is 18.1. The SMILES string of the molecule is CC.CC.CC.CNC.Cc1cnc2c(n1)N(C)CCN2C. The second-order valence-corrected chi connectivity index (χ2v) is 4.00. The molecule has 0 fully saturated rings. The third-order valence-corrected chi connectivity index (χ3v) is 2.35. The molecule has 2 heterocycles. The van der Waals surface area contributed by atoms with Crippen molar-refractivity contribution in [1.29, 1.82) is 0 Å². The van der Waals surface area contributed by atoms with Crippen molar-refractivity contribution in [3.8, 4) is 0 Å². The monoisotopic (exact) mass is 313 g/mol. The summed E-state index contributed by atoms with van der Waals surface area (Å²) < 4.78 is 0. The molecule has 0 aromatic carbocycles. The Hall–Kier alpha value is -1.36. The molecule has 0 bridgehead atoms. The molecule has 1 aromatic heterocycles. The Labute approximate surface area is 139 Å². The summed E-state index contributed by atoms with van der Waals surface area (Å²) >= 11 is 0. The van der Waals surface area contributed by atoms with Crippen molar-refractivity contribution in [3.63, 3.8) is 0 Å². The molecular weight excluding hydrogens is 274 g/mol. The maximum atomic E-state index is 4.47. The second kappa shape index (κ2) is 17.7. The number of nitrogens with one attached hydrogen (secondary N) is 1. The number of hydrogen-bond acceptors (Lipinski definition) is 5. The van der Waals surface area contributed by atoms with Crippen LogP contribution in [0.3, 0.4) is 0 Å². The summed E-state index contributed by atoms with van der Waals surface area (Å²) in [6.45, 7) is 16.0. The molecule has 132 valence electrons. The van der Waals surface area contributed by atoms with Gasteiger partial charge in [0.1, 0.15) is 0 Å². The average molecular weight is 314 g/mol. The van der Waals surface area contributed by atoms with Gasteiger partial charge in [0.25, 0.3) is 0 Å². The molecule has 5 heteroatoms. The van der Waals surface area contributed by atoms with Crippen LogP contribution in [-0.2, 0) is 0 Å². The fraction of sp³-hybridized carbons (Fsp3) is 0.765. The van der Waals surface area contributed by atoms with Gasteiger partial charge in [-0.2, -0.15) is 0 Å². The van der Waals surface area contributed by atoms with E-state index in [-0.39, 0.29) is 0 Å². The van der Waals surface area contributed by atoms with Crippen molar-refractivity contribution in [2.24, 2.45) is 0 Å². The number of fused-ring (bicyclic) bond motifs is 1. The number of anilines is 2. The Morgan fingerprint density at radius 1 is 0.864 bits per heavy atom. The number of hydrogen-bond donors (Lipinski definition) is 1. The zero-order valence-electron chi connectivity index (χ0n) is 16.8. The van der Waals surface area contributed by atoms with Gasteiger partial charge in [0, 0.05) is 27.2 Å². The van der Waals surface area contributed by atoms with E-state index in [4.69, 9.17) is 0 Å². The highest BCUT2D eigenvalue weighted by atomic mass is 15.3. The van der Waals surface area contributed by atoms with E-state index in [1.807, 2.05) is 68.8 Å². The molecule has 0 saturated heterocycles. The molecule has 5 nitrogen and oxygen atoms in total. The van der Waals surface area contributed by atoms with Crippen LogP contribution in [0.15, 0.2) is 6.20 Å². The van der Waals surface area contributed by atoms with Crippen molar-refractivity contribution in [3.05, 3.63) is 11.9 Å². The molecule has 0 spiro atoms. The second-order valence-electron chi connectivity index (χ2n) is 4.00.